The molecule has 5 N–H and O–H groups in total. The van der Waals surface area contributed by atoms with Gasteiger partial charge >= 0.3 is 0 Å². The number of hydrogen-bond donors (Lipinski definition) is 5. The second kappa shape index (κ2) is 7.31. The molecule has 0 aliphatic heterocycles. The Hall–Kier alpha value is -4.52. The average molecular weight is 426 g/mol. The molecule has 5 rings (SSSR count). The molecule has 0 amide bonds. The van der Waals surface area contributed by atoms with Crippen molar-refractivity contribution in [3.05, 3.63) is 110 Å². The van der Waals surface area contributed by atoms with Crippen LogP contribution in [0.2, 0.25) is 0 Å². The summed E-state index contributed by atoms with van der Waals surface area (Å²) >= 11 is 0. The highest BCUT2D eigenvalue weighted by atomic mass is 16.3. The van der Waals surface area contributed by atoms with E-state index in [9.17, 15) is 24.9 Å². The van der Waals surface area contributed by atoms with Crippen LogP contribution in [0.3, 0.4) is 0 Å². The van der Waals surface area contributed by atoms with Crippen LogP contribution in [-0.2, 0) is 0 Å². The van der Waals surface area contributed by atoms with Crippen LogP contribution in [0.15, 0.2) is 82.4 Å². The van der Waals surface area contributed by atoms with Gasteiger partial charge in [-0.05, 0) is 42.0 Å². The summed E-state index contributed by atoms with van der Waals surface area (Å²) < 4.78 is 0. The number of pyridine rings is 2. The number of rotatable bonds is 3. The molecule has 2 heterocycles. The zero-order valence-electron chi connectivity index (χ0n) is 16.7. The van der Waals surface area contributed by atoms with Gasteiger partial charge in [-0.1, -0.05) is 36.4 Å². The molecule has 0 radical (unpaired) electrons. The SMILES string of the molecule is O=c1[nH]c2ccccc2c(O)c1C(c1ccc(O)cc1)c1c(O)c2ccccc2[nH]c1=O. The minimum Gasteiger partial charge on any atom is -0.508 e. The molecule has 0 atom stereocenters. The topological polar surface area (TPSA) is 126 Å². The molecule has 3 aromatic carbocycles. The summed E-state index contributed by atoms with van der Waals surface area (Å²) in [5.74, 6) is -1.66. The predicted molar refractivity (Wildman–Crippen MR) is 122 cm³/mol. The maximum Gasteiger partial charge on any atom is 0.256 e. The number of fused-ring (bicyclic) bond motifs is 2. The molecule has 7 nitrogen and oxygen atoms in total. The van der Waals surface area contributed by atoms with Gasteiger partial charge in [0.1, 0.15) is 17.2 Å². The lowest BCUT2D eigenvalue weighted by Gasteiger charge is -2.21. The van der Waals surface area contributed by atoms with Gasteiger partial charge in [0.15, 0.2) is 0 Å². The zero-order chi connectivity index (χ0) is 22.4. The normalized spacial score (nSPS) is 11.4. The van der Waals surface area contributed by atoms with Crippen LogP contribution in [0.25, 0.3) is 21.8 Å². The smallest absolute Gasteiger partial charge is 0.256 e. The van der Waals surface area contributed by atoms with Crippen molar-refractivity contribution < 1.29 is 15.3 Å². The Kier molecular flexibility index (Phi) is 4.44. The summed E-state index contributed by atoms with van der Waals surface area (Å²) in [5.41, 5.74) is -0.0110. The van der Waals surface area contributed by atoms with Crippen LogP contribution in [0.1, 0.15) is 22.6 Å². The second-order valence-corrected chi connectivity index (χ2v) is 7.55. The summed E-state index contributed by atoms with van der Waals surface area (Å²) in [4.78, 5) is 31.8. The molecule has 0 bridgehead atoms. The molecule has 5 aromatic rings. The fourth-order valence-electron chi connectivity index (χ4n) is 4.16. The first kappa shape index (κ1) is 19.4. The average Bonchev–Trinajstić information content (AvgIpc) is 2.78. The Morgan fingerprint density at radius 3 is 1.50 bits per heavy atom. The van der Waals surface area contributed by atoms with E-state index >= 15 is 0 Å². The number of aromatic hydroxyl groups is 3. The van der Waals surface area contributed by atoms with E-state index in [1.807, 2.05) is 0 Å². The lowest BCUT2D eigenvalue weighted by atomic mass is 9.84. The highest BCUT2D eigenvalue weighted by molar-refractivity contribution is 5.88. The molecular weight excluding hydrogens is 408 g/mol. The third-order valence-corrected chi connectivity index (χ3v) is 5.66. The molecule has 7 heteroatoms. The first-order chi connectivity index (χ1) is 15.5. The number of benzene rings is 3. The summed E-state index contributed by atoms with van der Waals surface area (Å²) in [6, 6.07) is 19.5. The molecule has 0 saturated heterocycles. The molecule has 158 valence electrons. The van der Waals surface area contributed by atoms with Gasteiger partial charge in [-0.2, -0.15) is 0 Å². The molecule has 0 aliphatic rings. The molecule has 0 fully saturated rings. The van der Waals surface area contributed by atoms with Gasteiger partial charge in [0.25, 0.3) is 11.1 Å². The van der Waals surface area contributed by atoms with Crippen molar-refractivity contribution in [2.45, 2.75) is 5.92 Å². The predicted octanol–water partition coefficient (Wildman–Crippen LogP) is 3.67. The quantitative estimate of drug-likeness (QED) is 0.301. The minimum absolute atomic E-state index is 0.000727. The summed E-state index contributed by atoms with van der Waals surface area (Å²) in [7, 11) is 0. The zero-order valence-corrected chi connectivity index (χ0v) is 16.7. The van der Waals surface area contributed by atoms with Crippen molar-refractivity contribution in [3.63, 3.8) is 0 Å². The molecule has 0 spiro atoms. The Bertz CT molecular complexity index is 1500. The van der Waals surface area contributed by atoms with E-state index < -0.39 is 17.0 Å². The van der Waals surface area contributed by atoms with Crippen LogP contribution in [0, 0.1) is 0 Å². The van der Waals surface area contributed by atoms with Crippen LogP contribution >= 0.6 is 0 Å². The third-order valence-electron chi connectivity index (χ3n) is 5.66. The number of aromatic nitrogens is 2. The third kappa shape index (κ3) is 2.99. The van der Waals surface area contributed by atoms with Gasteiger partial charge in [-0.25, -0.2) is 0 Å². The highest BCUT2D eigenvalue weighted by Gasteiger charge is 2.30. The van der Waals surface area contributed by atoms with Gasteiger partial charge in [-0.3, -0.25) is 9.59 Å². The highest BCUT2D eigenvalue weighted by Crippen LogP contribution is 2.41. The van der Waals surface area contributed by atoms with Crippen molar-refractivity contribution in [3.8, 4) is 17.2 Å². The Morgan fingerprint density at radius 1 is 0.594 bits per heavy atom. The summed E-state index contributed by atoms with van der Waals surface area (Å²) in [5, 5.41) is 32.8. The minimum atomic E-state index is -1.10. The van der Waals surface area contributed by atoms with E-state index in [0.29, 0.717) is 27.4 Å². The van der Waals surface area contributed by atoms with Gasteiger partial charge in [-0.15, -0.1) is 0 Å². The number of phenols is 1. The molecule has 32 heavy (non-hydrogen) atoms. The Balaban J connectivity index is 1.91. The fraction of sp³-hybridized carbons (Fsp3) is 0.0400. The first-order valence-corrected chi connectivity index (χ1v) is 9.92. The van der Waals surface area contributed by atoms with Crippen molar-refractivity contribution in [2.75, 3.05) is 0 Å². The lowest BCUT2D eigenvalue weighted by Crippen LogP contribution is -2.24. The second-order valence-electron chi connectivity index (χ2n) is 7.55. The van der Waals surface area contributed by atoms with Gasteiger partial charge in [0.2, 0.25) is 0 Å². The van der Waals surface area contributed by atoms with Crippen LogP contribution in [0.5, 0.6) is 17.2 Å². The fourth-order valence-corrected chi connectivity index (χ4v) is 4.16. The van der Waals surface area contributed by atoms with E-state index in [4.69, 9.17) is 0 Å². The maximum absolute atomic E-state index is 13.1. The number of nitrogens with one attached hydrogen (secondary N) is 2. The molecule has 0 unspecified atom stereocenters. The van der Waals surface area contributed by atoms with Crippen molar-refractivity contribution in [2.24, 2.45) is 0 Å². The number of para-hydroxylation sites is 2. The molecule has 2 aromatic heterocycles. The van der Waals surface area contributed by atoms with E-state index in [-0.39, 0.29) is 28.4 Å². The lowest BCUT2D eigenvalue weighted by molar-refractivity contribution is 0.462. The van der Waals surface area contributed by atoms with Gasteiger partial charge in [0, 0.05) is 10.8 Å². The Labute approximate surface area is 180 Å². The Morgan fingerprint density at radius 2 is 1.03 bits per heavy atom. The number of phenolic OH excluding ortho intramolecular Hbond substituents is 1. The summed E-state index contributed by atoms with van der Waals surface area (Å²) in [6.45, 7) is 0. The number of hydrogen-bond acceptors (Lipinski definition) is 5. The van der Waals surface area contributed by atoms with E-state index in [2.05, 4.69) is 9.97 Å². The first-order valence-electron chi connectivity index (χ1n) is 9.92. The molecule has 0 aliphatic carbocycles. The molecule has 0 saturated carbocycles. The maximum atomic E-state index is 13.1. The largest absolute Gasteiger partial charge is 0.508 e. The number of H-pyrrole nitrogens is 2. The molecular formula is C25H18N2O5. The standard InChI is InChI=1S/C25H18N2O5/c28-14-11-9-13(10-12-14)19(20-22(29)15-5-1-3-7-17(15)26-24(20)31)21-23(30)16-6-2-4-8-18(16)27-25(21)32/h1-12,19,28H,(H2,26,29,31)(H2,27,30,32). The van der Waals surface area contributed by atoms with E-state index in [0.717, 1.165) is 0 Å². The van der Waals surface area contributed by atoms with Crippen molar-refractivity contribution in [1.82, 2.24) is 9.97 Å². The van der Waals surface area contributed by atoms with Gasteiger partial charge in [0.05, 0.1) is 28.1 Å². The van der Waals surface area contributed by atoms with E-state index in [1.54, 1.807) is 60.7 Å². The monoisotopic (exact) mass is 426 g/mol. The van der Waals surface area contributed by atoms with E-state index in [1.165, 1.54) is 12.1 Å². The van der Waals surface area contributed by atoms with Gasteiger partial charge < -0.3 is 25.3 Å². The van der Waals surface area contributed by atoms with Crippen LogP contribution in [-0.4, -0.2) is 25.3 Å². The van der Waals surface area contributed by atoms with Crippen LogP contribution in [0.4, 0.5) is 0 Å². The van der Waals surface area contributed by atoms with Crippen molar-refractivity contribution in [1.29, 1.82) is 0 Å². The summed E-state index contributed by atoms with van der Waals surface area (Å²) in [6.07, 6.45) is 0. The number of aromatic amines is 2. The van der Waals surface area contributed by atoms with Crippen LogP contribution < -0.4 is 11.1 Å². The van der Waals surface area contributed by atoms with Crippen molar-refractivity contribution >= 4 is 21.8 Å².